The minimum Gasteiger partial charge on any atom is -0.395 e. The van der Waals surface area contributed by atoms with Crippen LogP contribution in [0.25, 0.3) is 0 Å². The van der Waals surface area contributed by atoms with E-state index in [0.29, 0.717) is 6.54 Å². The van der Waals surface area contributed by atoms with Crippen LogP contribution in [-0.2, 0) is 6.18 Å². The number of rotatable bonds is 6. The second kappa shape index (κ2) is 6.58. The molecule has 102 valence electrons. The van der Waals surface area contributed by atoms with Crippen LogP contribution >= 0.6 is 0 Å². The Kier molecular flexibility index (Phi) is 5.40. The molecule has 1 rings (SSSR count). The van der Waals surface area contributed by atoms with Crippen molar-refractivity contribution in [2.45, 2.75) is 25.9 Å². The lowest BCUT2D eigenvalue weighted by atomic mass is 10.2. The van der Waals surface area contributed by atoms with Gasteiger partial charge in [0.2, 0.25) is 0 Å². The van der Waals surface area contributed by atoms with Crippen LogP contribution in [0, 0.1) is 0 Å². The van der Waals surface area contributed by atoms with E-state index in [9.17, 15) is 13.2 Å². The van der Waals surface area contributed by atoms with E-state index in [1.54, 1.807) is 0 Å². The predicted molar refractivity (Wildman–Crippen MR) is 63.4 cm³/mol. The van der Waals surface area contributed by atoms with Crippen molar-refractivity contribution in [3.8, 4) is 0 Å². The number of aliphatic hydroxyl groups is 1. The summed E-state index contributed by atoms with van der Waals surface area (Å²) < 4.78 is 38.5. The minimum atomic E-state index is -4.43. The molecule has 0 fully saturated rings. The number of pyridine rings is 1. The Bertz CT molecular complexity index is 369. The third kappa shape index (κ3) is 3.87. The standard InChI is InChI=1S/C12H17F3N2O/c1-2-3-7-17(8-9-18)11-10(12(13,14)15)5-4-6-16-11/h4-6,18H,2-3,7-9H2,1H3. The summed E-state index contributed by atoms with van der Waals surface area (Å²) >= 11 is 0. The molecule has 0 saturated heterocycles. The molecule has 0 saturated carbocycles. The van der Waals surface area contributed by atoms with Crippen LogP contribution in [0.4, 0.5) is 19.0 Å². The number of alkyl halides is 3. The summed E-state index contributed by atoms with van der Waals surface area (Å²) in [6.07, 6.45) is -1.46. The van der Waals surface area contributed by atoms with Crippen molar-refractivity contribution in [1.29, 1.82) is 0 Å². The van der Waals surface area contributed by atoms with Gasteiger partial charge < -0.3 is 10.0 Å². The van der Waals surface area contributed by atoms with E-state index in [1.807, 2.05) is 6.92 Å². The largest absolute Gasteiger partial charge is 0.419 e. The number of unbranched alkanes of at least 4 members (excludes halogenated alkanes) is 1. The van der Waals surface area contributed by atoms with Crippen LogP contribution in [0.1, 0.15) is 25.3 Å². The Labute approximate surface area is 104 Å². The molecule has 3 nitrogen and oxygen atoms in total. The van der Waals surface area contributed by atoms with Crippen molar-refractivity contribution in [2.75, 3.05) is 24.6 Å². The Morgan fingerprint density at radius 3 is 2.61 bits per heavy atom. The van der Waals surface area contributed by atoms with Crippen LogP contribution in [0.15, 0.2) is 18.3 Å². The Morgan fingerprint density at radius 2 is 2.06 bits per heavy atom. The lowest BCUT2D eigenvalue weighted by molar-refractivity contribution is -0.137. The quantitative estimate of drug-likeness (QED) is 0.856. The third-order valence-electron chi connectivity index (χ3n) is 2.54. The number of nitrogens with zero attached hydrogens (tertiary/aromatic N) is 2. The lowest BCUT2D eigenvalue weighted by Crippen LogP contribution is -2.30. The summed E-state index contributed by atoms with van der Waals surface area (Å²) in [4.78, 5) is 5.29. The molecule has 0 aromatic carbocycles. The van der Waals surface area contributed by atoms with Crippen molar-refractivity contribution in [2.24, 2.45) is 0 Å². The molecule has 6 heteroatoms. The van der Waals surface area contributed by atoms with Gasteiger partial charge in [0.1, 0.15) is 5.82 Å². The van der Waals surface area contributed by atoms with Crippen molar-refractivity contribution >= 4 is 5.82 Å². The van der Waals surface area contributed by atoms with E-state index in [0.717, 1.165) is 18.9 Å². The maximum atomic E-state index is 12.8. The Hall–Kier alpha value is -1.30. The molecule has 0 atom stereocenters. The highest BCUT2D eigenvalue weighted by Crippen LogP contribution is 2.35. The van der Waals surface area contributed by atoms with Crippen molar-refractivity contribution in [1.82, 2.24) is 4.98 Å². The van der Waals surface area contributed by atoms with E-state index in [2.05, 4.69) is 4.98 Å². The molecule has 1 heterocycles. The summed E-state index contributed by atoms with van der Waals surface area (Å²) in [5, 5.41) is 8.94. The van der Waals surface area contributed by atoms with Gasteiger partial charge in [-0.1, -0.05) is 13.3 Å². The van der Waals surface area contributed by atoms with Gasteiger partial charge in [-0.25, -0.2) is 4.98 Å². The fourth-order valence-electron chi connectivity index (χ4n) is 1.66. The highest BCUT2D eigenvalue weighted by Gasteiger charge is 2.35. The molecule has 0 aliphatic heterocycles. The average molecular weight is 262 g/mol. The van der Waals surface area contributed by atoms with E-state index in [4.69, 9.17) is 5.11 Å². The molecule has 0 bridgehead atoms. The van der Waals surface area contributed by atoms with E-state index < -0.39 is 11.7 Å². The van der Waals surface area contributed by atoms with Gasteiger partial charge in [-0.3, -0.25) is 0 Å². The highest BCUT2D eigenvalue weighted by molar-refractivity contribution is 5.48. The molecular weight excluding hydrogens is 245 g/mol. The smallest absolute Gasteiger partial charge is 0.395 e. The van der Waals surface area contributed by atoms with Gasteiger partial charge in [-0.05, 0) is 18.6 Å². The van der Waals surface area contributed by atoms with Gasteiger partial charge >= 0.3 is 6.18 Å². The fourth-order valence-corrected chi connectivity index (χ4v) is 1.66. The van der Waals surface area contributed by atoms with Gasteiger partial charge in [0.05, 0.1) is 12.2 Å². The van der Waals surface area contributed by atoms with Crippen molar-refractivity contribution in [3.63, 3.8) is 0 Å². The molecule has 1 N–H and O–H groups in total. The maximum Gasteiger partial charge on any atom is 0.419 e. The number of halogens is 3. The van der Waals surface area contributed by atoms with E-state index >= 15 is 0 Å². The normalized spacial score (nSPS) is 11.6. The Morgan fingerprint density at radius 1 is 1.33 bits per heavy atom. The number of aliphatic hydroxyl groups excluding tert-OH is 1. The van der Waals surface area contributed by atoms with Crippen LogP contribution in [0.2, 0.25) is 0 Å². The first-order valence-corrected chi connectivity index (χ1v) is 5.88. The van der Waals surface area contributed by atoms with Crippen LogP contribution in [0.3, 0.4) is 0 Å². The van der Waals surface area contributed by atoms with Gasteiger partial charge in [0, 0.05) is 19.3 Å². The summed E-state index contributed by atoms with van der Waals surface area (Å²) in [5.74, 6) is -0.104. The van der Waals surface area contributed by atoms with Crippen LogP contribution in [0.5, 0.6) is 0 Å². The van der Waals surface area contributed by atoms with Gasteiger partial charge in [0.25, 0.3) is 0 Å². The minimum absolute atomic E-state index is 0.104. The highest BCUT2D eigenvalue weighted by atomic mass is 19.4. The number of anilines is 1. The van der Waals surface area contributed by atoms with Gasteiger partial charge in [-0.2, -0.15) is 13.2 Å². The van der Waals surface area contributed by atoms with Crippen molar-refractivity contribution < 1.29 is 18.3 Å². The second-order valence-electron chi connectivity index (χ2n) is 3.94. The molecule has 0 unspecified atom stereocenters. The third-order valence-corrected chi connectivity index (χ3v) is 2.54. The van der Waals surface area contributed by atoms with E-state index in [1.165, 1.54) is 17.2 Å². The molecule has 0 amide bonds. The number of hydrogen-bond acceptors (Lipinski definition) is 3. The van der Waals surface area contributed by atoms with E-state index in [-0.39, 0.29) is 19.0 Å². The molecule has 1 aromatic rings. The summed E-state index contributed by atoms with van der Waals surface area (Å²) in [5.41, 5.74) is -0.755. The molecular formula is C12H17F3N2O. The van der Waals surface area contributed by atoms with Crippen LogP contribution < -0.4 is 4.90 Å². The zero-order valence-electron chi connectivity index (χ0n) is 10.2. The SMILES string of the molecule is CCCCN(CCO)c1ncccc1C(F)(F)F. The monoisotopic (exact) mass is 262 g/mol. The average Bonchev–Trinajstić information content (AvgIpc) is 2.33. The molecule has 18 heavy (non-hydrogen) atoms. The zero-order chi connectivity index (χ0) is 13.6. The molecule has 0 radical (unpaired) electrons. The van der Waals surface area contributed by atoms with Crippen molar-refractivity contribution in [3.05, 3.63) is 23.9 Å². The Balaban J connectivity index is 3.03. The number of aromatic nitrogens is 1. The lowest BCUT2D eigenvalue weighted by Gasteiger charge is -2.25. The predicted octanol–water partition coefficient (Wildman–Crippen LogP) is 2.70. The molecule has 0 aliphatic carbocycles. The second-order valence-corrected chi connectivity index (χ2v) is 3.94. The summed E-state index contributed by atoms with van der Waals surface area (Å²) in [6, 6.07) is 2.28. The first-order valence-electron chi connectivity index (χ1n) is 5.88. The van der Waals surface area contributed by atoms with Crippen LogP contribution in [-0.4, -0.2) is 29.8 Å². The zero-order valence-corrected chi connectivity index (χ0v) is 10.2. The molecule has 0 spiro atoms. The fraction of sp³-hybridized carbons (Fsp3) is 0.583. The van der Waals surface area contributed by atoms with Gasteiger partial charge in [0.15, 0.2) is 0 Å². The van der Waals surface area contributed by atoms with Gasteiger partial charge in [-0.15, -0.1) is 0 Å². The molecule has 1 aromatic heterocycles. The first kappa shape index (κ1) is 14.8. The molecule has 0 aliphatic rings. The maximum absolute atomic E-state index is 12.8. The summed E-state index contributed by atoms with van der Waals surface area (Å²) in [7, 11) is 0. The summed E-state index contributed by atoms with van der Waals surface area (Å²) in [6.45, 7) is 2.37. The first-order chi connectivity index (χ1) is 8.50. The number of hydrogen-bond donors (Lipinski definition) is 1. The topological polar surface area (TPSA) is 36.4 Å².